The highest BCUT2D eigenvalue weighted by Gasteiger charge is 2.11. The minimum atomic E-state index is -0.455. The maximum absolute atomic E-state index is 12.0. The quantitative estimate of drug-likeness (QED) is 0.464. The molecule has 0 unspecified atom stereocenters. The molecule has 3 aromatic carbocycles. The number of esters is 1. The Morgan fingerprint density at radius 2 is 1.81 bits per heavy atom. The van der Waals surface area contributed by atoms with Gasteiger partial charge in [0.2, 0.25) is 0 Å². The van der Waals surface area contributed by atoms with Gasteiger partial charge >= 0.3 is 5.97 Å². The summed E-state index contributed by atoms with van der Waals surface area (Å²) in [6.45, 7) is 1.62. The van der Waals surface area contributed by atoms with E-state index in [1.165, 1.54) is 11.8 Å². The van der Waals surface area contributed by atoms with Crippen LogP contribution in [-0.4, -0.2) is 24.2 Å². The molecule has 0 saturated carbocycles. The Kier molecular flexibility index (Phi) is 6.37. The monoisotopic (exact) mass is 399 g/mol. The lowest BCUT2D eigenvalue weighted by Gasteiger charge is -2.09. The summed E-state index contributed by atoms with van der Waals surface area (Å²) in [5, 5.41) is 5.27. The van der Waals surface area contributed by atoms with Crippen molar-refractivity contribution in [3.05, 3.63) is 71.2 Å². The van der Waals surface area contributed by atoms with Crippen LogP contribution in [0.1, 0.15) is 5.56 Å². The van der Waals surface area contributed by atoms with E-state index in [9.17, 15) is 9.59 Å². The van der Waals surface area contributed by atoms with Crippen molar-refractivity contribution in [2.75, 3.05) is 17.7 Å². The summed E-state index contributed by atoms with van der Waals surface area (Å²) in [6, 6.07) is 18.9. The summed E-state index contributed by atoms with van der Waals surface area (Å²) < 4.78 is 5.07. The van der Waals surface area contributed by atoms with Gasteiger partial charge in [0.25, 0.3) is 5.91 Å². The van der Waals surface area contributed by atoms with Crippen LogP contribution in [0.4, 0.5) is 5.69 Å². The standard InChI is InChI=1S/C21H18ClNO3S/c1-14-5-2-8-16(11-14)23-19(24)12-26-20(25)13-27-18-10-4-7-15-6-3-9-17(22)21(15)18/h2-11H,12-13H2,1H3,(H,23,24). The van der Waals surface area contributed by atoms with Gasteiger partial charge in [0.1, 0.15) is 0 Å². The second-order valence-electron chi connectivity index (χ2n) is 5.96. The first-order chi connectivity index (χ1) is 13.0. The number of fused-ring (bicyclic) bond motifs is 1. The molecule has 0 heterocycles. The predicted octanol–water partition coefficient (Wildman–Crippen LogP) is 5.08. The van der Waals surface area contributed by atoms with Crippen LogP contribution < -0.4 is 5.32 Å². The van der Waals surface area contributed by atoms with Gasteiger partial charge in [-0.3, -0.25) is 9.59 Å². The van der Waals surface area contributed by atoms with Gasteiger partial charge in [0.05, 0.1) is 5.75 Å². The fourth-order valence-corrected chi connectivity index (χ4v) is 3.87. The average molecular weight is 400 g/mol. The second-order valence-corrected chi connectivity index (χ2v) is 7.39. The Bertz CT molecular complexity index is 985. The minimum Gasteiger partial charge on any atom is -0.455 e. The average Bonchev–Trinajstić information content (AvgIpc) is 2.65. The third-order valence-corrected chi connectivity index (χ3v) is 5.17. The summed E-state index contributed by atoms with van der Waals surface area (Å²) in [6.07, 6.45) is 0. The van der Waals surface area contributed by atoms with E-state index in [0.29, 0.717) is 10.7 Å². The minimum absolute atomic E-state index is 0.0993. The Balaban J connectivity index is 1.52. The normalized spacial score (nSPS) is 10.6. The maximum Gasteiger partial charge on any atom is 0.316 e. The first-order valence-corrected chi connectivity index (χ1v) is 9.71. The second kappa shape index (κ2) is 8.93. The molecule has 6 heteroatoms. The first-order valence-electron chi connectivity index (χ1n) is 8.35. The molecule has 4 nitrogen and oxygen atoms in total. The lowest BCUT2D eigenvalue weighted by atomic mass is 10.1. The molecular weight excluding hydrogens is 382 g/mol. The molecule has 3 rings (SSSR count). The zero-order valence-corrected chi connectivity index (χ0v) is 16.3. The van der Waals surface area contributed by atoms with E-state index in [1.54, 1.807) is 6.07 Å². The van der Waals surface area contributed by atoms with Crippen molar-refractivity contribution in [3.63, 3.8) is 0 Å². The molecule has 0 fully saturated rings. The van der Waals surface area contributed by atoms with Crippen LogP contribution in [0.2, 0.25) is 5.02 Å². The number of amides is 1. The fourth-order valence-electron chi connectivity index (χ4n) is 2.63. The number of halogens is 1. The smallest absolute Gasteiger partial charge is 0.316 e. The third kappa shape index (κ3) is 5.25. The van der Waals surface area contributed by atoms with Gasteiger partial charge in [0.15, 0.2) is 6.61 Å². The summed E-state index contributed by atoms with van der Waals surface area (Å²) in [7, 11) is 0. The highest BCUT2D eigenvalue weighted by molar-refractivity contribution is 8.00. The van der Waals surface area contributed by atoms with Crippen molar-refractivity contribution >= 4 is 51.7 Å². The summed E-state index contributed by atoms with van der Waals surface area (Å²) in [5.41, 5.74) is 1.71. The molecule has 1 amide bonds. The molecule has 138 valence electrons. The number of ether oxygens (including phenoxy) is 1. The molecule has 0 atom stereocenters. The molecule has 0 bridgehead atoms. The largest absolute Gasteiger partial charge is 0.455 e. The molecule has 0 radical (unpaired) electrons. The fraction of sp³-hybridized carbons (Fsp3) is 0.143. The van der Waals surface area contributed by atoms with Crippen molar-refractivity contribution in [1.82, 2.24) is 0 Å². The Morgan fingerprint density at radius 1 is 1.07 bits per heavy atom. The number of carbonyl (C=O) groups excluding carboxylic acids is 2. The van der Waals surface area contributed by atoms with Crippen LogP contribution in [0.15, 0.2) is 65.6 Å². The Hall–Kier alpha value is -2.50. The number of benzene rings is 3. The van der Waals surface area contributed by atoms with Crippen molar-refractivity contribution < 1.29 is 14.3 Å². The van der Waals surface area contributed by atoms with Gasteiger partial charge in [-0.1, -0.05) is 48.0 Å². The van der Waals surface area contributed by atoms with E-state index in [0.717, 1.165) is 21.2 Å². The van der Waals surface area contributed by atoms with Crippen LogP contribution in [-0.2, 0) is 14.3 Å². The zero-order chi connectivity index (χ0) is 19.2. The number of aryl methyl sites for hydroxylation is 1. The van der Waals surface area contributed by atoms with Crippen LogP contribution in [0.25, 0.3) is 10.8 Å². The van der Waals surface area contributed by atoms with E-state index >= 15 is 0 Å². The zero-order valence-electron chi connectivity index (χ0n) is 14.7. The molecule has 0 spiro atoms. The van der Waals surface area contributed by atoms with E-state index in [4.69, 9.17) is 16.3 Å². The number of carbonyl (C=O) groups is 2. The van der Waals surface area contributed by atoms with Gasteiger partial charge < -0.3 is 10.1 Å². The maximum atomic E-state index is 12.0. The first kappa shape index (κ1) is 19.3. The highest BCUT2D eigenvalue weighted by atomic mass is 35.5. The van der Waals surface area contributed by atoms with E-state index < -0.39 is 5.97 Å². The van der Waals surface area contributed by atoms with E-state index in [1.807, 2.05) is 61.5 Å². The summed E-state index contributed by atoms with van der Waals surface area (Å²) >= 11 is 7.62. The Labute approximate surface area is 166 Å². The van der Waals surface area contributed by atoms with Crippen molar-refractivity contribution in [2.24, 2.45) is 0 Å². The molecular formula is C21H18ClNO3S. The van der Waals surface area contributed by atoms with Gasteiger partial charge in [-0.25, -0.2) is 0 Å². The molecule has 0 aromatic heterocycles. The van der Waals surface area contributed by atoms with Gasteiger partial charge in [0, 0.05) is 21.0 Å². The number of hydrogen-bond acceptors (Lipinski definition) is 4. The lowest BCUT2D eigenvalue weighted by molar-refractivity contribution is -0.144. The molecule has 0 saturated heterocycles. The molecule has 3 aromatic rings. The van der Waals surface area contributed by atoms with Crippen molar-refractivity contribution in [2.45, 2.75) is 11.8 Å². The van der Waals surface area contributed by atoms with E-state index in [2.05, 4.69) is 5.32 Å². The lowest BCUT2D eigenvalue weighted by Crippen LogP contribution is -2.21. The van der Waals surface area contributed by atoms with Gasteiger partial charge in [-0.2, -0.15) is 0 Å². The number of hydrogen-bond donors (Lipinski definition) is 1. The number of thioether (sulfide) groups is 1. The van der Waals surface area contributed by atoms with Crippen molar-refractivity contribution in [3.8, 4) is 0 Å². The van der Waals surface area contributed by atoms with E-state index in [-0.39, 0.29) is 18.3 Å². The molecule has 27 heavy (non-hydrogen) atoms. The van der Waals surface area contributed by atoms with Crippen LogP contribution in [0.3, 0.4) is 0 Å². The van der Waals surface area contributed by atoms with Gasteiger partial charge in [-0.15, -0.1) is 11.8 Å². The van der Waals surface area contributed by atoms with Gasteiger partial charge in [-0.05, 0) is 42.1 Å². The van der Waals surface area contributed by atoms with Crippen LogP contribution in [0.5, 0.6) is 0 Å². The molecule has 0 aliphatic heterocycles. The third-order valence-electron chi connectivity index (χ3n) is 3.83. The van der Waals surface area contributed by atoms with Crippen LogP contribution in [0, 0.1) is 6.92 Å². The van der Waals surface area contributed by atoms with Crippen LogP contribution >= 0.6 is 23.4 Å². The number of anilines is 1. The predicted molar refractivity (Wildman–Crippen MR) is 110 cm³/mol. The molecule has 0 aliphatic rings. The Morgan fingerprint density at radius 3 is 2.59 bits per heavy atom. The summed E-state index contributed by atoms with van der Waals surface area (Å²) in [4.78, 5) is 24.8. The SMILES string of the molecule is Cc1cccc(NC(=O)COC(=O)CSc2cccc3cccc(Cl)c23)c1. The molecule has 0 aliphatic carbocycles. The highest BCUT2D eigenvalue weighted by Crippen LogP contribution is 2.33. The van der Waals surface area contributed by atoms with Crippen molar-refractivity contribution in [1.29, 1.82) is 0 Å². The number of rotatable bonds is 6. The topological polar surface area (TPSA) is 55.4 Å². The number of nitrogens with one attached hydrogen (secondary N) is 1. The summed E-state index contributed by atoms with van der Waals surface area (Å²) in [5.74, 6) is -0.724. The molecule has 1 N–H and O–H groups in total.